The van der Waals surface area contributed by atoms with E-state index in [2.05, 4.69) is 10.2 Å². The number of hydroxylamine groups is 2. The van der Waals surface area contributed by atoms with E-state index in [1.54, 1.807) is 18.2 Å². The third kappa shape index (κ3) is 1.55. The highest BCUT2D eigenvalue weighted by molar-refractivity contribution is 6.05. The lowest BCUT2D eigenvalue weighted by Gasteiger charge is -2.05. The molecule has 1 heterocycles. The van der Waals surface area contributed by atoms with Crippen molar-refractivity contribution in [1.29, 1.82) is 0 Å². The lowest BCUT2D eigenvalue weighted by Crippen LogP contribution is -2.23. The molecule has 0 aliphatic heterocycles. The van der Waals surface area contributed by atoms with Crippen LogP contribution in [0.5, 0.6) is 0 Å². The van der Waals surface area contributed by atoms with Gasteiger partial charge in [0.25, 0.3) is 5.91 Å². The van der Waals surface area contributed by atoms with Crippen molar-refractivity contribution in [3.05, 3.63) is 29.5 Å². The first-order valence-electron chi connectivity index (χ1n) is 4.53. The second-order valence-corrected chi connectivity index (χ2v) is 3.32. The summed E-state index contributed by atoms with van der Waals surface area (Å²) in [5.41, 5.74) is 1.17. The van der Waals surface area contributed by atoms with E-state index in [1.165, 1.54) is 7.05 Å². The third-order valence-electron chi connectivity index (χ3n) is 2.22. The number of carbonyl (C=O) groups is 2. The number of fused-ring (bicyclic) bond motifs is 1. The standard InChI is InChI=1S/C10H9N3O3/c1-13(16)10(15)9-7-4-6(5-14)2-3-8(7)11-12-9/h2-5,16H,1H3,(H,11,12). The van der Waals surface area contributed by atoms with Crippen molar-refractivity contribution < 1.29 is 14.8 Å². The van der Waals surface area contributed by atoms with Crippen LogP contribution in [0.15, 0.2) is 18.2 Å². The average Bonchev–Trinajstić information content (AvgIpc) is 2.70. The number of hydrogen-bond acceptors (Lipinski definition) is 4. The van der Waals surface area contributed by atoms with Crippen molar-refractivity contribution in [2.45, 2.75) is 0 Å². The molecular formula is C10H9N3O3. The predicted molar refractivity (Wildman–Crippen MR) is 55.4 cm³/mol. The number of H-pyrrole nitrogens is 1. The molecule has 0 radical (unpaired) electrons. The van der Waals surface area contributed by atoms with E-state index in [-0.39, 0.29) is 5.69 Å². The molecule has 0 bridgehead atoms. The number of nitrogens with zero attached hydrogens (tertiary/aromatic N) is 2. The molecule has 16 heavy (non-hydrogen) atoms. The molecule has 0 saturated heterocycles. The third-order valence-corrected chi connectivity index (χ3v) is 2.22. The number of carbonyl (C=O) groups excluding carboxylic acids is 2. The van der Waals surface area contributed by atoms with Gasteiger partial charge >= 0.3 is 0 Å². The number of benzene rings is 1. The van der Waals surface area contributed by atoms with Crippen molar-refractivity contribution in [3.63, 3.8) is 0 Å². The highest BCUT2D eigenvalue weighted by atomic mass is 16.5. The minimum atomic E-state index is -0.630. The molecular weight excluding hydrogens is 210 g/mol. The van der Waals surface area contributed by atoms with Crippen molar-refractivity contribution in [2.24, 2.45) is 0 Å². The summed E-state index contributed by atoms with van der Waals surface area (Å²) in [7, 11) is 1.21. The van der Waals surface area contributed by atoms with Crippen LogP contribution >= 0.6 is 0 Å². The van der Waals surface area contributed by atoms with Gasteiger partial charge in [-0.1, -0.05) is 0 Å². The fourth-order valence-corrected chi connectivity index (χ4v) is 1.42. The Balaban J connectivity index is 2.62. The summed E-state index contributed by atoms with van der Waals surface area (Å²) in [6.07, 6.45) is 0.684. The molecule has 0 saturated carbocycles. The molecule has 2 N–H and O–H groups in total. The molecule has 2 rings (SSSR count). The summed E-state index contributed by atoms with van der Waals surface area (Å²) in [5, 5.41) is 16.4. The second kappa shape index (κ2) is 3.74. The van der Waals surface area contributed by atoms with Crippen molar-refractivity contribution >= 4 is 23.1 Å². The van der Waals surface area contributed by atoms with Gasteiger partial charge in [0.2, 0.25) is 0 Å². The second-order valence-electron chi connectivity index (χ2n) is 3.32. The van der Waals surface area contributed by atoms with E-state index in [0.717, 1.165) is 0 Å². The Morgan fingerprint density at radius 3 is 2.94 bits per heavy atom. The molecule has 1 aromatic heterocycles. The van der Waals surface area contributed by atoms with E-state index in [9.17, 15) is 9.59 Å². The molecule has 82 valence electrons. The Hall–Kier alpha value is -2.21. The summed E-state index contributed by atoms with van der Waals surface area (Å²) < 4.78 is 0. The summed E-state index contributed by atoms with van der Waals surface area (Å²) in [6, 6.07) is 4.81. The van der Waals surface area contributed by atoms with Gasteiger partial charge in [-0.05, 0) is 18.2 Å². The van der Waals surface area contributed by atoms with E-state index in [1.807, 2.05) is 0 Å². The molecule has 0 aliphatic carbocycles. The molecule has 0 fully saturated rings. The van der Waals surface area contributed by atoms with Gasteiger partial charge in [0.1, 0.15) is 6.29 Å². The van der Waals surface area contributed by atoms with Gasteiger partial charge in [-0.3, -0.25) is 19.9 Å². The molecule has 0 spiro atoms. The van der Waals surface area contributed by atoms with Crippen LogP contribution in [0.3, 0.4) is 0 Å². The van der Waals surface area contributed by atoms with Crippen LogP contribution in [0.25, 0.3) is 10.9 Å². The fourth-order valence-electron chi connectivity index (χ4n) is 1.42. The van der Waals surface area contributed by atoms with E-state index < -0.39 is 5.91 Å². The topological polar surface area (TPSA) is 86.3 Å². The largest absolute Gasteiger partial charge is 0.298 e. The van der Waals surface area contributed by atoms with Crippen molar-refractivity contribution in [2.75, 3.05) is 7.05 Å². The van der Waals surface area contributed by atoms with Gasteiger partial charge in [0.15, 0.2) is 5.69 Å². The zero-order chi connectivity index (χ0) is 11.7. The normalized spacial score (nSPS) is 10.4. The maximum Gasteiger partial charge on any atom is 0.298 e. The molecule has 1 amide bonds. The maximum atomic E-state index is 11.5. The minimum absolute atomic E-state index is 0.0868. The minimum Gasteiger partial charge on any atom is -0.298 e. The van der Waals surface area contributed by atoms with Crippen LogP contribution < -0.4 is 0 Å². The van der Waals surface area contributed by atoms with Gasteiger partial charge in [0.05, 0.1) is 5.52 Å². The first kappa shape index (κ1) is 10.3. The number of aldehydes is 1. The van der Waals surface area contributed by atoms with Crippen LogP contribution in [-0.2, 0) is 0 Å². The van der Waals surface area contributed by atoms with Crippen molar-refractivity contribution in [1.82, 2.24) is 15.3 Å². The van der Waals surface area contributed by atoms with Crippen LogP contribution in [0.2, 0.25) is 0 Å². The molecule has 0 atom stereocenters. The Kier molecular flexibility index (Phi) is 2.41. The lowest BCUT2D eigenvalue weighted by molar-refractivity contribution is -0.0378. The molecule has 0 unspecified atom stereocenters. The monoisotopic (exact) mass is 219 g/mol. The Bertz CT molecular complexity index is 559. The highest BCUT2D eigenvalue weighted by Gasteiger charge is 2.17. The number of nitrogens with one attached hydrogen (secondary N) is 1. The Morgan fingerprint density at radius 2 is 2.31 bits per heavy atom. The van der Waals surface area contributed by atoms with Crippen molar-refractivity contribution in [3.8, 4) is 0 Å². The van der Waals surface area contributed by atoms with E-state index >= 15 is 0 Å². The van der Waals surface area contributed by atoms with E-state index in [0.29, 0.717) is 27.8 Å². The molecule has 0 aliphatic rings. The van der Waals surface area contributed by atoms with Gasteiger partial charge in [-0.2, -0.15) is 5.10 Å². The fraction of sp³-hybridized carbons (Fsp3) is 0.100. The summed E-state index contributed by atoms with van der Waals surface area (Å²) in [4.78, 5) is 22.1. The van der Waals surface area contributed by atoms with Gasteiger partial charge < -0.3 is 0 Å². The van der Waals surface area contributed by atoms with Crippen LogP contribution in [-0.4, -0.2) is 39.7 Å². The number of aromatic amines is 1. The number of hydrogen-bond donors (Lipinski definition) is 2. The molecule has 1 aromatic carbocycles. The highest BCUT2D eigenvalue weighted by Crippen LogP contribution is 2.17. The summed E-state index contributed by atoms with van der Waals surface area (Å²) in [6.45, 7) is 0. The van der Waals surface area contributed by atoms with Gasteiger partial charge in [-0.25, -0.2) is 5.06 Å². The summed E-state index contributed by atoms with van der Waals surface area (Å²) in [5.74, 6) is -0.630. The zero-order valence-electron chi connectivity index (χ0n) is 8.47. The Morgan fingerprint density at radius 1 is 1.56 bits per heavy atom. The number of rotatable bonds is 2. The predicted octanol–water partition coefficient (Wildman–Crippen LogP) is 0.837. The number of amides is 1. The average molecular weight is 219 g/mol. The van der Waals surface area contributed by atoms with Crippen LogP contribution in [0.4, 0.5) is 0 Å². The van der Waals surface area contributed by atoms with Crippen LogP contribution in [0.1, 0.15) is 20.8 Å². The Labute approximate surface area is 90.4 Å². The molecule has 6 nitrogen and oxygen atoms in total. The van der Waals surface area contributed by atoms with Gasteiger partial charge in [-0.15, -0.1) is 0 Å². The number of aromatic nitrogens is 2. The van der Waals surface area contributed by atoms with Gasteiger partial charge in [0, 0.05) is 18.0 Å². The van der Waals surface area contributed by atoms with E-state index in [4.69, 9.17) is 5.21 Å². The SMILES string of the molecule is CN(O)C(=O)c1n[nH]c2ccc(C=O)cc12. The smallest absolute Gasteiger partial charge is 0.298 e. The quantitative estimate of drug-likeness (QED) is 0.445. The molecule has 2 aromatic rings. The first-order valence-corrected chi connectivity index (χ1v) is 4.53. The maximum absolute atomic E-state index is 11.5. The first-order chi connectivity index (χ1) is 7.63. The van der Waals surface area contributed by atoms with Crippen LogP contribution in [0, 0.1) is 0 Å². The lowest BCUT2D eigenvalue weighted by atomic mass is 10.1. The molecule has 6 heteroatoms. The summed E-state index contributed by atoms with van der Waals surface area (Å²) >= 11 is 0. The zero-order valence-corrected chi connectivity index (χ0v) is 8.47.